The predicted octanol–water partition coefficient (Wildman–Crippen LogP) is 5.24. The Morgan fingerprint density at radius 1 is 0.974 bits per heavy atom. The van der Waals surface area contributed by atoms with Crippen LogP contribution in [0, 0.1) is 11.3 Å². The van der Waals surface area contributed by atoms with E-state index in [9.17, 15) is 14.9 Å². The minimum atomic E-state index is -0.633. The molecule has 0 bridgehead atoms. The second kappa shape index (κ2) is 13.7. The van der Waals surface area contributed by atoms with Crippen LogP contribution in [-0.4, -0.2) is 39.2 Å². The average molecular weight is 535 g/mol. The van der Waals surface area contributed by atoms with Crippen molar-refractivity contribution in [2.75, 3.05) is 27.4 Å². The van der Waals surface area contributed by atoms with E-state index in [0.717, 1.165) is 5.56 Å². The van der Waals surface area contributed by atoms with Crippen molar-refractivity contribution in [2.45, 2.75) is 13.3 Å². The number of ether oxygens (including phenoxy) is 4. The Balaban J connectivity index is 1.70. The van der Waals surface area contributed by atoms with Gasteiger partial charge < -0.3 is 24.3 Å². The molecule has 0 aliphatic carbocycles. The average Bonchev–Trinajstić information content (AvgIpc) is 2.93. The van der Waals surface area contributed by atoms with Gasteiger partial charge in [-0.25, -0.2) is 4.79 Å². The minimum absolute atomic E-state index is 0.0828. The Morgan fingerprint density at radius 3 is 2.39 bits per heavy atom. The first kappa shape index (κ1) is 28.1. The molecule has 3 rings (SSSR count). The zero-order valence-electron chi connectivity index (χ0n) is 21.2. The van der Waals surface area contributed by atoms with E-state index in [-0.39, 0.29) is 27.7 Å². The van der Waals surface area contributed by atoms with E-state index in [1.54, 1.807) is 63.6 Å². The molecule has 1 N–H and O–H groups in total. The van der Waals surface area contributed by atoms with Crippen molar-refractivity contribution >= 4 is 29.6 Å². The van der Waals surface area contributed by atoms with Crippen molar-refractivity contribution in [3.05, 3.63) is 87.9 Å². The molecule has 0 radical (unpaired) electrons. The molecule has 196 valence electrons. The number of amides is 1. The molecular formula is C29H27ClN2O6. The van der Waals surface area contributed by atoms with Gasteiger partial charge in [0.15, 0.2) is 23.0 Å². The van der Waals surface area contributed by atoms with Crippen LogP contribution < -0.4 is 24.3 Å². The molecule has 3 aromatic carbocycles. The summed E-state index contributed by atoms with van der Waals surface area (Å²) in [5.41, 5.74) is 1.60. The molecule has 0 aromatic heterocycles. The lowest BCUT2D eigenvalue weighted by Gasteiger charge is -2.12. The number of nitrogens with zero attached hydrogens (tertiary/aromatic N) is 1. The summed E-state index contributed by atoms with van der Waals surface area (Å²) in [5, 5.41) is 12.6. The van der Waals surface area contributed by atoms with E-state index >= 15 is 0 Å². The Bertz CT molecular complexity index is 1380. The molecule has 0 saturated carbocycles. The molecule has 3 aromatic rings. The Morgan fingerprint density at radius 2 is 1.71 bits per heavy atom. The Hall–Kier alpha value is -4.48. The van der Waals surface area contributed by atoms with Crippen LogP contribution in [-0.2, 0) is 11.2 Å². The maximum atomic E-state index is 12.6. The first-order chi connectivity index (χ1) is 18.4. The molecule has 0 heterocycles. The van der Waals surface area contributed by atoms with Crippen LogP contribution in [0.1, 0.15) is 28.4 Å². The largest absolute Gasteiger partial charge is 0.493 e. The fourth-order valence-electron chi connectivity index (χ4n) is 3.52. The topological polar surface area (TPSA) is 107 Å². The number of hydrogen-bond acceptors (Lipinski definition) is 7. The van der Waals surface area contributed by atoms with Gasteiger partial charge in [-0.15, -0.1) is 0 Å². The molecule has 0 saturated heterocycles. The maximum Gasteiger partial charge on any atom is 0.345 e. The van der Waals surface area contributed by atoms with Gasteiger partial charge in [-0.3, -0.25) is 4.79 Å². The standard InChI is InChI=1S/C29H27ClN2O6/c1-4-37-27-17-20(10-12-25(27)38-29(34)22-7-5-6-8-23(22)30)15-21(18-31)28(33)32-14-13-19-9-11-24(35-2)26(16-19)36-3/h5-12,15-17H,4,13-14H2,1-3H3,(H,32,33). The number of methoxy groups -OCH3 is 2. The van der Waals surface area contributed by atoms with Gasteiger partial charge in [-0.1, -0.05) is 35.9 Å². The number of carbonyl (C=O) groups excluding carboxylic acids is 2. The van der Waals surface area contributed by atoms with Crippen molar-refractivity contribution in [1.82, 2.24) is 5.32 Å². The van der Waals surface area contributed by atoms with Gasteiger partial charge in [-0.2, -0.15) is 5.26 Å². The predicted molar refractivity (Wildman–Crippen MR) is 144 cm³/mol. The second-order valence-corrected chi connectivity index (χ2v) is 8.28. The first-order valence-electron chi connectivity index (χ1n) is 11.7. The molecule has 9 heteroatoms. The van der Waals surface area contributed by atoms with Crippen LogP contribution in [0.4, 0.5) is 0 Å². The Kier molecular flexibility index (Phi) is 10.1. The van der Waals surface area contributed by atoms with E-state index in [2.05, 4.69) is 5.32 Å². The molecule has 0 atom stereocenters. The van der Waals surface area contributed by atoms with Gasteiger partial charge >= 0.3 is 5.97 Å². The number of nitrogens with one attached hydrogen (secondary N) is 1. The third-order valence-electron chi connectivity index (χ3n) is 5.39. The summed E-state index contributed by atoms with van der Waals surface area (Å²) in [6.07, 6.45) is 1.97. The molecule has 38 heavy (non-hydrogen) atoms. The number of nitriles is 1. The summed E-state index contributed by atoms with van der Waals surface area (Å²) >= 11 is 6.09. The van der Waals surface area contributed by atoms with Crippen LogP contribution >= 0.6 is 11.6 Å². The number of benzene rings is 3. The molecule has 0 aliphatic rings. The highest BCUT2D eigenvalue weighted by molar-refractivity contribution is 6.33. The van der Waals surface area contributed by atoms with Crippen molar-refractivity contribution in [3.8, 4) is 29.1 Å². The third-order valence-corrected chi connectivity index (χ3v) is 5.72. The van der Waals surface area contributed by atoms with Gasteiger partial charge in [0.05, 0.1) is 31.4 Å². The third kappa shape index (κ3) is 7.28. The molecule has 0 unspecified atom stereocenters. The lowest BCUT2D eigenvalue weighted by atomic mass is 10.1. The van der Waals surface area contributed by atoms with Crippen molar-refractivity contribution in [1.29, 1.82) is 5.26 Å². The van der Waals surface area contributed by atoms with E-state index in [0.29, 0.717) is 36.6 Å². The van der Waals surface area contributed by atoms with E-state index in [4.69, 9.17) is 30.5 Å². The zero-order valence-corrected chi connectivity index (χ0v) is 22.0. The van der Waals surface area contributed by atoms with Crippen molar-refractivity contribution < 1.29 is 28.5 Å². The van der Waals surface area contributed by atoms with Crippen LogP contribution in [0.2, 0.25) is 5.02 Å². The number of halogens is 1. The van der Waals surface area contributed by atoms with Gasteiger partial charge in [0.25, 0.3) is 5.91 Å². The number of hydrogen-bond donors (Lipinski definition) is 1. The van der Waals surface area contributed by atoms with Gasteiger partial charge in [0.2, 0.25) is 0 Å². The van der Waals surface area contributed by atoms with Crippen LogP contribution in [0.5, 0.6) is 23.0 Å². The zero-order chi connectivity index (χ0) is 27.5. The SMILES string of the molecule is CCOc1cc(C=C(C#N)C(=O)NCCc2ccc(OC)c(OC)c2)ccc1OC(=O)c1ccccc1Cl. The number of esters is 1. The summed E-state index contributed by atoms with van der Waals surface area (Å²) in [6.45, 7) is 2.41. The molecule has 8 nitrogen and oxygen atoms in total. The van der Waals surface area contributed by atoms with Gasteiger partial charge in [0, 0.05) is 6.54 Å². The normalized spacial score (nSPS) is 10.8. The molecule has 0 spiro atoms. The number of carbonyl (C=O) groups is 2. The Labute approximate surface area is 226 Å². The summed E-state index contributed by atoms with van der Waals surface area (Å²) in [4.78, 5) is 25.2. The fraction of sp³-hybridized carbons (Fsp3) is 0.207. The van der Waals surface area contributed by atoms with E-state index < -0.39 is 11.9 Å². The maximum absolute atomic E-state index is 12.6. The van der Waals surface area contributed by atoms with Gasteiger partial charge in [0.1, 0.15) is 11.6 Å². The second-order valence-electron chi connectivity index (χ2n) is 7.87. The monoisotopic (exact) mass is 534 g/mol. The van der Waals surface area contributed by atoms with Crippen LogP contribution in [0.3, 0.4) is 0 Å². The highest BCUT2D eigenvalue weighted by atomic mass is 35.5. The summed E-state index contributed by atoms with van der Waals surface area (Å²) in [6, 6.07) is 18.7. The smallest absolute Gasteiger partial charge is 0.345 e. The van der Waals surface area contributed by atoms with E-state index in [1.807, 2.05) is 18.2 Å². The summed E-state index contributed by atoms with van der Waals surface area (Å²) in [5.74, 6) is 0.539. The summed E-state index contributed by atoms with van der Waals surface area (Å²) < 4.78 is 21.7. The van der Waals surface area contributed by atoms with Crippen molar-refractivity contribution in [3.63, 3.8) is 0 Å². The number of rotatable bonds is 11. The van der Waals surface area contributed by atoms with Gasteiger partial charge in [-0.05, 0) is 66.9 Å². The molecule has 0 aliphatic heterocycles. The fourth-order valence-corrected chi connectivity index (χ4v) is 3.73. The lowest BCUT2D eigenvalue weighted by molar-refractivity contribution is -0.117. The van der Waals surface area contributed by atoms with Crippen LogP contribution in [0.25, 0.3) is 6.08 Å². The highest BCUT2D eigenvalue weighted by Crippen LogP contribution is 2.31. The van der Waals surface area contributed by atoms with Crippen LogP contribution in [0.15, 0.2) is 66.2 Å². The van der Waals surface area contributed by atoms with Crippen molar-refractivity contribution in [2.24, 2.45) is 0 Å². The lowest BCUT2D eigenvalue weighted by Crippen LogP contribution is -2.26. The quantitative estimate of drug-likeness (QED) is 0.155. The summed E-state index contributed by atoms with van der Waals surface area (Å²) in [7, 11) is 3.12. The first-order valence-corrected chi connectivity index (χ1v) is 12.1. The van der Waals surface area contributed by atoms with E-state index in [1.165, 1.54) is 12.1 Å². The molecule has 0 fully saturated rings. The molecular weight excluding hydrogens is 508 g/mol. The minimum Gasteiger partial charge on any atom is -0.493 e. The molecule has 1 amide bonds. The highest BCUT2D eigenvalue weighted by Gasteiger charge is 2.16.